The van der Waals surface area contributed by atoms with Crippen molar-refractivity contribution in [3.05, 3.63) is 60.8 Å². The molecule has 5 rings (SSSR count). The van der Waals surface area contributed by atoms with Gasteiger partial charge in [0.15, 0.2) is 0 Å². The number of benzene rings is 2. The molecule has 2 aromatic carbocycles. The predicted octanol–water partition coefficient (Wildman–Crippen LogP) is 3.04. The number of imidazole rings is 1. The van der Waals surface area contributed by atoms with Crippen LogP contribution in [0.25, 0.3) is 21.9 Å². The number of nitrogens with zero attached hydrogens (tertiary/aromatic N) is 4. The van der Waals surface area contributed by atoms with E-state index in [9.17, 15) is 4.79 Å². The molecule has 4 aromatic rings. The van der Waals surface area contributed by atoms with Gasteiger partial charge in [0.2, 0.25) is 11.9 Å². The second-order valence-electron chi connectivity index (χ2n) is 6.10. The fourth-order valence-corrected chi connectivity index (χ4v) is 3.54. The van der Waals surface area contributed by atoms with E-state index in [-0.39, 0.29) is 5.91 Å². The van der Waals surface area contributed by atoms with Crippen LogP contribution in [0.15, 0.2) is 60.8 Å². The Morgan fingerprint density at radius 1 is 0.958 bits per heavy atom. The summed E-state index contributed by atoms with van der Waals surface area (Å²) >= 11 is 0. The van der Waals surface area contributed by atoms with E-state index in [0.717, 1.165) is 34.4 Å². The number of carbonyl (C=O) groups is 1. The Hall–Kier alpha value is -3.08. The fraction of sp³-hybridized carbons (Fsp3) is 0.158. The van der Waals surface area contributed by atoms with Gasteiger partial charge in [-0.15, -0.1) is 0 Å². The molecule has 5 nitrogen and oxygen atoms in total. The third kappa shape index (κ3) is 1.88. The van der Waals surface area contributed by atoms with Gasteiger partial charge in [-0.25, -0.2) is 4.98 Å². The summed E-state index contributed by atoms with van der Waals surface area (Å²) in [5.41, 5.74) is 3.11. The molecular formula is C19H16N4O. The summed E-state index contributed by atoms with van der Waals surface area (Å²) in [4.78, 5) is 19.3. The standard InChI is InChI=1S/C19H16N4O/c24-18(13-21-10-9-14-5-1-3-7-16(14)21)23-12-11-22-17-8-4-2-6-15(17)20-19(22)23/h1-10H,11-13H2. The van der Waals surface area contributed by atoms with Crippen LogP contribution in [0.4, 0.5) is 5.95 Å². The van der Waals surface area contributed by atoms with Crippen molar-refractivity contribution in [3.8, 4) is 0 Å². The van der Waals surface area contributed by atoms with E-state index in [1.807, 2.05) is 53.2 Å². The van der Waals surface area contributed by atoms with E-state index >= 15 is 0 Å². The van der Waals surface area contributed by atoms with Crippen molar-refractivity contribution in [2.24, 2.45) is 0 Å². The van der Waals surface area contributed by atoms with Gasteiger partial charge in [-0.2, -0.15) is 0 Å². The van der Waals surface area contributed by atoms with Crippen LogP contribution >= 0.6 is 0 Å². The van der Waals surface area contributed by atoms with Gasteiger partial charge >= 0.3 is 0 Å². The summed E-state index contributed by atoms with van der Waals surface area (Å²) in [6.45, 7) is 1.82. The molecule has 0 radical (unpaired) electrons. The smallest absolute Gasteiger partial charge is 0.249 e. The molecule has 0 saturated carbocycles. The molecule has 0 unspecified atom stereocenters. The number of amides is 1. The van der Waals surface area contributed by atoms with Crippen LogP contribution in [-0.4, -0.2) is 26.6 Å². The maximum Gasteiger partial charge on any atom is 0.249 e. The van der Waals surface area contributed by atoms with Crippen molar-refractivity contribution in [2.45, 2.75) is 13.1 Å². The van der Waals surface area contributed by atoms with Gasteiger partial charge in [-0.1, -0.05) is 30.3 Å². The van der Waals surface area contributed by atoms with Gasteiger partial charge in [0.25, 0.3) is 0 Å². The van der Waals surface area contributed by atoms with Crippen LogP contribution in [0.1, 0.15) is 0 Å². The lowest BCUT2D eigenvalue weighted by Gasteiger charge is -2.15. The maximum atomic E-state index is 12.8. The van der Waals surface area contributed by atoms with Gasteiger partial charge in [-0.05, 0) is 29.7 Å². The lowest BCUT2D eigenvalue weighted by Crippen LogP contribution is -2.32. The van der Waals surface area contributed by atoms with Crippen molar-refractivity contribution < 1.29 is 4.79 Å². The van der Waals surface area contributed by atoms with E-state index in [0.29, 0.717) is 13.1 Å². The van der Waals surface area contributed by atoms with Crippen LogP contribution in [0.3, 0.4) is 0 Å². The van der Waals surface area contributed by atoms with Crippen LogP contribution in [0, 0.1) is 0 Å². The highest BCUT2D eigenvalue weighted by Crippen LogP contribution is 2.27. The number of anilines is 1. The molecule has 1 amide bonds. The van der Waals surface area contributed by atoms with E-state index in [1.165, 1.54) is 0 Å². The molecule has 118 valence electrons. The molecule has 0 atom stereocenters. The van der Waals surface area contributed by atoms with Crippen molar-refractivity contribution in [1.29, 1.82) is 0 Å². The summed E-state index contributed by atoms with van der Waals surface area (Å²) in [6, 6.07) is 18.2. The molecule has 0 saturated heterocycles. The number of aromatic nitrogens is 3. The van der Waals surface area contributed by atoms with Gasteiger partial charge in [-0.3, -0.25) is 9.69 Å². The summed E-state index contributed by atoms with van der Waals surface area (Å²) in [7, 11) is 0. The first-order valence-electron chi connectivity index (χ1n) is 8.11. The summed E-state index contributed by atoms with van der Waals surface area (Å²) in [5.74, 6) is 0.836. The monoisotopic (exact) mass is 316 g/mol. The quantitative estimate of drug-likeness (QED) is 0.570. The number of hydrogen-bond donors (Lipinski definition) is 0. The third-order valence-corrected chi connectivity index (χ3v) is 4.71. The Morgan fingerprint density at radius 2 is 1.75 bits per heavy atom. The molecule has 0 aliphatic carbocycles. The maximum absolute atomic E-state index is 12.8. The second-order valence-corrected chi connectivity index (χ2v) is 6.10. The summed E-state index contributed by atoms with van der Waals surface area (Å²) < 4.78 is 4.13. The average Bonchev–Trinajstić information content (AvgIpc) is 3.28. The number of rotatable bonds is 2. The molecule has 3 heterocycles. The summed E-state index contributed by atoms with van der Waals surface area (Å²) in [6.07, 6.45) is 1.97. The zero-order chi connectivity index (χ0) is 16.1. The lowest BCUT2D eigenvalue weighted by atomic mass is 10.2. The number of carbonyl (C=O) groups excluding carboxylic acids is 1. The Kier molecular flexibility index (Phi) is 2.76. The second kappa shape index (κ2) is 4.96. The number of hydrogen-bond acceptors (Lipinski definition) is 2. The zero-order valence-electron chi connectivity index (χ0n) is 13.1. The average molecular weight is 316 g/mol. The van der Waals surface area contributed by atoms with Crippen molar-refractivity contribution in [2.75, 3.05) is 11.4 Å². The van der Waals surface area contributed by atoms with E-state index in [2.05, 4.69) is 21.7 Å². The molecule has 2 aromatic heterocycles. The molecule has 1 aliphatic rings. The minimum absolute atomic E-state index is 0.0745. The molecule has 0 spiro atoms. The van der Waals surface area contributed by atoms with E-state index in [4.69, 9.17) is 0 Å². The first-order chi connectivity index (χ1) is 11.8. The molecule has 0 N–H and O–H groups in total. The van der Waals surface area contributed by atoms with Gasteiger partial charge < -0.3 is 9.13 Å². The molecule has 24 heavy (non-hydrogen) atoms. The third-order valence-electron chi connectivity index (χ3n) is 4.71. The van der Waals surface area contributed by atoms with Gasteiger partial charge in [0, 0.05) is 24.8 Å². The Balaban J connectivity index is 1.49. The van der Waals surface area contributed by atoms with Crippen molar-refractivity contribution >= 4 is 33.8 Å². The van der Waals surface area contributed by atoms with Crippen LogP contribution in [-0.2, 0) is 17.9 Å². The Labute approximate surface area is 138 Å². The predicted molar refractivity (Wildman–Crippen MR) is 94.0 cm³/mol. The van der Waals surface area contributed by atoms with Crippen molar-refractivity contribution in [3.63, 3.8) is 0 Å². The number of fused-ring (bicyclic) bond motifs is 4. The first-order valence-corrected chi connectivity index (χ1v) is 8.11. The molecule has 1 aliphatic heterocycles. The van der Waals surface area contributed by atoms with Crippen molar-refractivity contribution in [1.82, 2.24) is 14.1 Å². The fourth-order valence-electron chi connectivity index (χ4n) is 3.54. The topological polar surface area (TPSA) is 43.1 Å². The summed E-state index contributed by atoms with van der Waals surface area (Å²) in [5, 5.41) is 1.15. The minimum Gasteiger partial charge on any atom is -0.338 e. The lowest BCUT2D eigenvalue weighted by molar-refractivity contribution is -0.119. The first kappa shape index (κ1) is 13.4. The Bertz CT molecular complexity index is 1080. The largest absolute Gasteiger partial charge is 0.338 e. The Morgan fingerprint density at radius 3 is 2.67 bits per heavy atom. The highest BCUT2D eigenvalue weighted by molar-refractivity contribution is 5.95. The normalized spacial score (nSPS) is 13.8. The SMILES string of the molecule is O=C(Cn1ccc2ccccc21)N1CCn2c1nc1ccccc12. The molecular weight excluding hydrogens is 300 g/mol. The molecule has 0 bridgehead atoms. The number of para-hydroxylation sites is 3. The zero-order valence-corrected chi connectivity index (χ0v) is 13.1. The van der Waals surface area contributed by atoms with Crippen LogP contribution in [0.5, 0.6) is 0 Å². The van der Waals surface area contributed by atoms with E-state index in [1.54, 1.807) is 4.90 Å². The van der Waals surface area contributed by atoms with Gasteiger partial charge in [0.1, 0.15) is 6.54 Å². The highest BCUT2D eigenvalue weighted by Gasteiger charge is 2.28. The molecule has 0 fully saturated rings. The highest BCUT2D eigenvalue weighted by atomic mass is 16.2. The molecule has 5 heteroatoms. The van der Waals surface area contributed by atoms with Crippen LogP contribution in [0.2, 0.25) is 0 Å². The van der Waals surface area contributed by atoms with Gasteiger partial charge in [0.05, 0.1) is 11.0 Å². The van der Waals surface area contributed by atoms with Crippen LogP contribution < -0.4 is 4.90 Å². The van der Waals surface area contributed by atoms with E-state index < -0.39 is 0 Å². The minimum atomic E-state index is 0.0745.